The first-order valence-corrected chi connectivity index (χ1v) is 10.9. The van der Waals surface area contributed by atoms with Crippen molar-refractivity contribution in [3.05, 3.63) is 42.1 Å². The summed E-state index contributed by atoms with van der Waals surface area (Å²) in [5.41, 5.74) is 0.957. The van der Waals surface area contributed by atoms with Crippen LogP contribution in [-0.2, 0) is 14.8 Å². The topological polar surface area (TPSA) is 107 Å². The SMILES string of the molecule is Cc1ccc(NC(=O)C(NS(=O)(=O)c2ccc3c(c2)OCCCO3)C(C)C)nc1. The molecule has 29 heavy (non-hydrogen) atoms. The Labute approximate surface area is 170 Å². The third kappa shape index (κ3) is 5.24. The Bertz CT molecular complexity index is 974. The predicted molar refractivity (Wildman–Crippen MR) is 109 cm³/mol. The molecule has 3 rings (SSSR count). The van der Waals surface area contributed by atoms with Crippen LogP contribution in [0.1, 0.15) is 25.8 Å². The summed E-state index contributed by atoms with van der Waals surface area (Å²) in [4.78, 5) is 16.8. The fourth-order valence-electron chi connectivity index (χ4n) is 2.78. The van der Waals surface area contributed by atoms with Crippen LogP contribution >= 0.6 is 0 Å². The Morgan fingerprint density at radius 2 is 1.83 bits per heavy atom. The van der Waals surface area contributed by atoms with Gasteiger partial charge in [-0.15, -0.1) is 0 Å². The maximum atomic E-state index is 12.9. The number of hydrogen-bond acceptors (Lipinski definition) is 6. The number of pyridine rings is 1. The molecular formula is C20H25N3O5S. The highest BCUT2D eigenvalue weighted by Gasteiger charge is 2.29. The van der Waals surface area contributed by atoms with Crippen molar-refractivity contribution in [1.82, 2.24) is 9.71 Å². The van der Waals surface area contributed by atoms with Gasteiger partial charge in [-0.05, 0) is 36.6 Å². The minimum absolute atomic E-state index is 0.00802. The number of aryl methyl sites for hydroxylation is 1. The number of ether oxygens (including phenoxy) is 2. The number of amides is 1. The molecule has 0 saturated carbocycles. The van der Waals surface area contributed by atoms with Crippen molar-refractivity contribution < 1.29 is 22.7 Å². The highest BCUT2D eigenvalue weighted by molar-refractivity contribution is 7.89. The Balaban J connectivity index is 1.79. The summed E-state index contributed by atoms with van der Waals surface area (Å²) in [6.07, 6.45) is 2.35. The average Bonchev–Trinajstić information content (AvgIpc) is 2.92. The van der Waals surface area contributed by atoms with E-state index in [0.717, 1.165) is 12.0 Å². The largest absolute Gasteiger partial charge is 0.490 e. The summed E-state index contributed by atoms with van der Waals surface area (Å²) in [7, 11) is -3.96. The summed E-state index contributed by atoms with van der Waals surface area (Å²) >= 11 is 0. The molecule has 1 atom stereocenters. The lowest BCUT2D eigenvalue weighted by Gasteiger charge is -2.21. The maximum absolute atomic E-state index is 12.9. The molecule has 0 fully saturated rings. The van der Waals surface area contributed by atoms with Gasteiger partial charge in [-0.3, -0.25) is 4.79 Å². The number of carbonyl (C=O) groups is 1. The van der Waals surface area contributed by atoms with E-state index in [4.69, 9.17) is 9.47 Å². The number of nitrogens with zero attached hydrogens (tertiary/aromatic N) is 1. The number of nitrogens with one attached hydrogen (secondary N) is 2. The zero-order valence-corrected chi connectivity index (χ0v) is 17.5. The van der Waals surface area contributed by atoms with E-state index < -0.39 is 22.0 Å². The molecule has 9 heteroatoms. The van der Waals surface area contributed by atoms with Crippen molar-refractivity contribution in [3.8, 4) is 11.5 Å². The zero-order valence-electron chi connectivity index (χ0n) is 16.6. The van der Waals surface area contributed by atoms with E-state index in [0.29, 0.717) is 30.5 Å². The first kappa shape index (κ1) is 21.1. The summed E-state index contributed by atoms with van der Waals surface area (Å²) in [6.45, 7) is 6.38. The lowest BCUT2D eigenvalue weighted by molar-refractivity contribution is -0.118. The summed E-state index contributed by atoms with van der Waals surface area (Å²) in [5, 5.41) is 2.66. The molecule has 0 spiro atoms. The predicted octanol–water partition coefficient (Wildman–Crippen LogP) is 2.49. The number of sulfonamides is 1. The molecule has 1 aliphatic rings. The molecule has 0 radical (unpaired) electrons. The zero-order chi connectivity index (χ0) is 21.0. The van der Waals surface area contributed by atoms with Gasteiger partial charge in [-0.25, -0.2) is 13.4 Å². The van der Waals surface area contributed by atoms with Crippen LogP contribution in [0.25, 0.3) is 0 Å². The third-order valence-corrected chi connectivity index (χ3v) is 5.86. The van der Waals surface area contributed by atoms with Gasteiger partial charge in [0.1, 0.15) is 11.9 Å². The number of carbonyl (C=O) groups excluding carboxylic acids is 1. The maximum Gasteiger partial charge on any atom is 0.243 e. The van der Waals surface area contributed by atoms with E-state index in [1.807, 2.05) is 13.0 Å². The number of rotatable bonds is 6. The van der Waals surface area contributed by atoms with Gasteiger partial charge in [0.05, 0.1) is 18.1 Å². The fraction of sp³-hybridized carbons (Fsp3) is 0.400. The van der Waals surface area contributed by atoms with Crippen LogP contribution in [0.3, 0.4) is 0 Å². The lowest BCUT2D eigenvalue weighted by Crippen LogP contribution is -2.47. The molecule has 0 aliphatic carbocycles. The second kappa shape index (κ2) is 8.79. The Morgan fingerprint density at radius 1 is 1.10 bits per heavy atom. The summed E-state index contributed by atoms with van der Waals surface area (Å²) < 4.78 is 39.4. The van der Waals surface area contributed by atoms with Crippen molar-refractivity contribution in [3.63, 3.8) is 0 Å². The van der Waals surface area contributed by atoms with Crippen molar-refractivity contribution in [2.24, 2.45) is 5.92 Å². The highest BCUT2D eigenvalue weighted by Crippen LogP contribution is 2.32. The fourth-order valence-corrected chi connectivity index (χ4v) is 4.14. The molecular weight excluding hydrogens is 394 g/mol. The third-order valence-electron chi connectivity index (χ3n) is 4.42. The molecule has 0 bridgehead atoms. The van der Waals surface area contributed by atoms with Gasteiger partial charge >= 0.3 is 0 Å². The molecule has 1 aliphatic heterocycles. The van der Waals surface area contributed by atoms with E-state index in [1.165, 1.54) is 12.1 Å². The molecule has 1 amide bonds. The van der Waals surface area contributed by atoms with Crippen LogP contribution in [0.2, 0.25) is 0 Å². The van der Waals surface area contributed by atoms with Gasteiger partial charge < -0.3 is 14.8 Å². The van der Waals surface area contributed by atoms with E-state index in [1.54, 1.807) is 32.2 Å². The van der Waals surface area contributed by atoms with E-state index in [9.17, 15) is 13.2 Å². The van der Waals surface area contributed by atoms with E-state index in [-0.39, 0.29) is 10.8 Å². The normalized spacial score (nSPS) is 14.9. The van der Waals surface area contributed by atoms with Crippen LogP contribution in [-0.4, -0.2) is 38.6 Å². The van der Waals surface area contributed by atoms with E-state index >= 15 is 0 Å². The number of anilines is 1. The molecule has 1 unspecified atom stereocenters. The smallest absolute Gasteiger partial charge is 0.243 e. The van der Waals surface area contributed by atoms with Crippen LogP contribution in [0.4, 0.5) is 5.82 Å². The van der Waals surface area contributed by atoms with Gasteiger partial charge in [0.2, 0.25) is 15.9 Å². The quantitative estimate of drug-likeness (QED) is 0.745. The minimum atomic E-state index is -3.96. The lowest BCUT2D eigenvalue weighted by atomic mass is 10.1. The minimum Gasteiger partial charge on any atom is -0.490 e. The van der Waals surface area contributed by atoms with Crippen molar-refractivity contribution in [1.29, 1.82) is 0 Å². The van der Waals surface area contributed by atoms with Crippen molar-refractivity contribution in [2.75, 3.05) is 18.5 Å². The van der Waals surface area contributed by atoms with Gasteiger partial charge in [0.25, 0.3) is 0 Å². The molecule has 2 aromatic rings. The van der Waals surface area contributed by atoms with Gasteiger partial charge in [0.15, 0.2) is 11.5 Å². The Hall–Kier alpha value is -2.65. The van der Waals surface area contributed by atoms with Crippen molar-refractivity contribution >= 4 is 21.7 Å². The number of benzene rings is 1. The number of fused-ring (bicyclic) bond motifs is 1. The van der Waals surface area contributed by atoms with E-state index in [2.05, 4.69) is 15.0 Å². The second-order valence-corrected chi connectivity index (χ2v) is 8.93. The van der Waals surface area contributed by atoms with Gasteiger partial charge in [0, 0.05) is 18.7 Å². The summed E-state index contributed by atoms with van der Waals surface area (Å²) in [6, 6.07) is 6.93. The summed E-state index contributed by atoms with van der Waals surface area (Å²) in [5.74, 6) is 0.482. The molecule has 1 aromatic carbocycles. The number of aromatic nitrogens is 1. The average molecular weight is 420 g/mol. The van der Waals surface area contributed by atoms with Crippen LogP contribution in [0.5, 0.6) is 11.5 Å². The monoisotopic (exact) mass is 419 g/mol. The number of hydrogen-bond donors (Lipinski definition) is 2. The first-order chi connectivity index (χ1) is 13.8. The molecule has 2 N–H and O–H groups in total. The van der Waals surface area contributed by atoms with Crippen LogP contribution < -0.4 is 19.5 Å². The van der Waals surface area contributed by atoms with Crippen molar-refractivity contribution in [2.45, 2.75) is 38.1 Å². The molecule has 1 aromatic heterocycles. The molecule has 2 heterocycles. The molecule has 0 saturated heterocycles. The Morgan fingerprint density at radius 3 is 2.48 bits per heavy atom. The first-order valence-electron chi connectivity index (χ1n) is 9.42. The Kier molecular flexibility index (Phi) is 6.39. The standard InChI is InChI=1S/C20H25N3O5S/c1-13(2)19(20(24)22-18-8-5-14(3)12-21-18)23-29(25,26)15-6-7-16-17(11-15)28-10-4-9-27-16/h5-8,11-13,19,23H,4,9-10H2,1-3H3,(H,21,22,24). The van der Waals surface area contributed by atoms with Crippen LogP contribution in [0, 0.1) is 12.8 Å². The van der Waals surface area contributed by atoms with Gasteiger partial charge in [-0.2, -0.15) is 4.72 Å². The molecule has 8 nitrogen and oxygen atoms in total. The molecule has 156 valence electrons. The van der Waals surface area contributed by atoms with Crippen LogP contribution in [0.15, 0.2) is 41.4 Å². The van der Waals surface area contributed by atoms with Gasteiger partial charge in [-0.1, -0.05) is 19.9 Å². The highest BCUT2D eigenvalue weighted by atomic mass is 32.2. The second-order valence-electron chi connectivity index (χ2n) is 7.21.